The lowest BCUT2D eigenvalue weighted by Crippen LogP contribution is -2.53. The standard InChI is InChI=1S/C35H48Cl2N4O6/c36-25-21-24(22-26(37)23-25)31(45)39-28(33(47)41-19-15-35(16-20-41)11-3-4-12-35)5-7-29(42)38-27(6-8-30(43)44)32(46)40-17-13-34(14-18-40)9-1-2-10-34/h21-23,27-28H,1-20H2,(H,38,42)(H,39,45)(H,43,44)/t27-,28?/m1/s1. The third-order valence-corrected chi connectivity index (χ3v) is 11.7. The highest BCUT2D eigenvalue weighted by molar-refractivity contribution is 6.35. The normalized spacial score (nSPS) is 21.4. The van der Waals surface area contributed by atoms with Crippen molar-refractivity contribution < 1.29 is 29.1 Å². The maximum atomic E-state index is 13.8. The number of carboxylic acids is 1. The lowest BCUT2D eigenvalue weighted by Gasteiger charge is -2.40. The highest BCUT2D eigenvalue weighted by Gasteiger charge is 2.41. The van der Waals surface area contributed by atoms with Crippen LogP contribution in [0.4, 0.5) is 0 Å². The fourth-order valence-electron chi connectivity index (χ4n) is 8.34. The number of benzene rings is 1. The quantitative estimate of drug-likeness (QED) is 0.277. The number of halogens is 2. The molecule has 2 atom stereocenters. The molecule has 1 unspecified atom stereocenters. The number of amides is 4. The third-order valence-electron chi connectivity index (χ3n) is 11.3. The predicted octanol–water partition coefficient (Wildman–Crippen LogP) is 5.59. The van der Waals surface area contributed by atoms with E-state index in [0.29, 0.717) is 37.0 Å². The molecule has 0 radical (unpaired) electrons. The number of likely N-dealkylation sites (tertiary alicyclic amines) is 2. The minimum absolute atomic E-state index is 0.0123. The van der Waals surface area contributed by atoms with Crippen molar-refractivity contribution in [3.63, 3.8) is 0 Å². The Kier molecular flexibility index (Phi) is 11.8. The van der Waals surface area contributed by atoms with Crippen molar-refractivity contribution >= 4 is 52.8 Å². The minimum Gasteiger partial charge on any atom is -0.481 e. The molecule has 2 saturated heterocycles. The first kappa shape index (κ1) is 35.5. The maximum Gasteiger partial charge on any atom is 0.303 e. The average Bonchev–Trinajstić information content (AvgIpc) is 3.70. The Bertz CT molecular complexity index is 1300. The summed E-state index contributed by atoms with van der Waals surface area (Å²) in [6.45, 7) is 2.41. The molecule has 2 aliphatic heterocycles. The summed E-state index contributed by atoms with van der Waals surface area (Å²) >= 11 is 12.2. The van der Waals surface area contributed by atoms with E-state index < -0.39 is 29.9 Å². The van der Waals surface area contributed by atoms with Crippen LogP contribution in [0.1, 0.15) is 113 Å². The molecule has 12 heteroatoms. The van der Waals surface area contributed by atoms with Gasteiger partial charge in [0.2, 0.25) is 17.7 Å². The second-order valence-electron chi connectivity index (χ2n) is 14.3. The van der Waals surface area contributed by atoms with Gasteiger partial charge in [-0.2, -0.15) is 0 Å². The molecule has 4 aliphatic rings. The van der Waals surface area contributed by atoms with E-state index in [4.69, 9.17) is 23.2 Å². The summed E-state index contributed by atoms with van der Waals surface area (Å²) in [4.78, 5) is 68.9. The molecule has 2 heterocycles. The van der Waals surface area contributed by atoms with Gasteiger partial charge in [0, 0.05) is 54.6 Å². The summed E-state index contributed by atoms with van der Waals surface area (Å²) in [5.74, 6) is -2.56. The molecule has 1 aromatic rings. The van der Waals surface area contributed by atoms with Gasteiger partial charge < -0.3 is 25.5 Å². The van der Waals surface area contributed by atoms with Gasteiger partial charge in [-0.25, -0.2) is 0 Å². The summed E-state index contributed by atoms with van der Waals surface area (Å²) in [7, 11) is 0. The first-order valence-electron chi connectivity index (χ1n) is 17.3. The van der Waals surface area contributed by atoms with Gasteiger partial charge in [-0.1, -0.05) is 48.9 Å². The van der Waals surface area contributed by atoms with E-state index in [1.165, 1.54) is 69.6 Å². The molecule has 0 aromatic heterocycles. The van der Waals surface area contributed by atoms with Crippen LogP contribution in [0, 0.1) is 10.8 Å². The van der Waals surface area contributed by atoms with Gasteiger partial charge in [-0.3, -0.25) is 24.0 Å². The van der Waals surface area contributed by atoms with E-state index in [2.05, 4.69) is 10.6 Å². The molecule has 5 rings (SSSR count). The Morgan fingerprint density at radius 1 is 0.660 bits per heavy atom. The van der Waals surface area contributed by atoms with Crippen molar-refractivity contribution in [3.05, 3.63) is 33.8 Å². The van der Waals surface area contributed by atoms with Crippen molar-refractivity contribution in [1.29, 1.82) is 0 Å². The fraction of sp³-hybridized carbons (Fsp3) is 0.686. The topological polar surface area (TPSA) is 136 Å². The number of nitrogens with one attached hydrogen (secondary N) is 2. The summed E-state index contributed by atoms with van der Waals surface area (Å²) < 4.78 is 0. The Morgan fingerprint density at radius 3 is 1.53 bits per heavy atom. The average molecular weight is 692 g/mol. The number of carboxylic acid groups (broad SMARTS) is 1. The van der Waals surface area contributed by atoms with Crippen molar-refractivity contribution in [2.24, 2.45) is 10.8 Å². The van der Waals surface area contributed by atoms with Gasteiger partial charge >= 0.3 is 5.97 Å². The van der Waals surface area contributed by atoms with Crippen LogP contribution in [0.25, 0.3) is 0 Å². The van der Waals surface area contributed by atoms with Gasteiger partial charge in [-0.05, 0) is 93.2 Å². The maximum absolute atomic E-state index is 13.8. The second kappa shape index (κ2) is 15.6. The van der Waals surface area contributed by atoms with Crippen LogP contribution >= 0.6 is 23.2 Å². The first-order valence-corrected chi connectivity index (χ1v) is 18.1. The van der Waals surface area contributed by atoms with E-state index in [0.717, 1.165) is 25.7 Å². The zero-order valence-corrected chi connectivity index (χ0v) is 28.7. The summed E-state index contributed by atoms with van der Waals surface area (Å²) in [5.41, 5.74) is 0.815. The van der Waals surface area contributed by atoms with Crippen LogP contribution < -0.4 is 10.6 Å². The predicted molar refractivity (Wildman–Crippen MR) is 179 cm³/mol. The molecule has 4 amide bonds. The molecule has 258 valence electrons. The van der Waals surface area contributed by atoms with Crippen LogP contribution in [0.15, 0.2) is 18.2 Å². The number of hydrogen-bond acceptors (Lipinski definition) is 5. The number of hydrogen-bond donors (Lipinski definition) is 3. The Labute approximate surface area is 287 Å². The Balaban J connectivity index is 1.23. The minimum atomic E-state index is -1.05. The number of piperidine rings is 2. The van der Waals surface area contributed by atoms with Gasteiger partial charge in [0.15, 0.2) is 0 Å². The van der Waals surface area contributed by atoms with Crippen molar-refractivity contribution in [2.75, 3.05) is 26.2 Å². The smallest absolute Gasteiger partial charge is 0.303 e. The van der Waals surface area contributed by atoms with E-state index in [-0.39, 0.29) is 53.1 Å². The first-order chi connectivity index (χ1) is 22.5. The number of rotatable bonds is 11. The number of carbonyl (C=O) groups is 5. The molecular weight excluding hydrogens is 643 g/mol. The van der Waals surface area contributed by atoms with Crippen molar-refractivity contribution in [1.82, 2.24) is 20.4 Å². The third kappa shape index (κ3) is 9.19. The van der Waals surface area contributed by atoms with Crippen LogP contribution in [0.3, 0.4) is 0 Å². The molecule has 2 saturated carbocycles. The van der Waals surface area contributed by atoms with Crippen molar-refractivity contribution in [3.8, 4) is 0 Å². The summed E-state index contributed by atoms with van der Waals surface area (Å²) in [6.07, 6.45) is 12.9. The zero-order valence-electron chi connectivity index (χ0n) is 27.2. The van der Waals surface area contributed by atoms with Gasteiger partial charge in [0.1, 0.15) is 12.1 Å². The molecule has 3 N–H and O–H groups in total. The molecular formula is C35H48Cl2N4O6. The lowest BCUT2D eigenvalue weighted by atomic mass is 9.77. The number of aliphatic carboxylic acids is 1. The molecule has 0 bridgehead atoms. The van der Waals surface area contributed by atoms with Crippen LogP contribution in [-0.4, -0.2) is 82.8 Å². The van der Waals surface area contributed by atoms with Crippen molar-refractivity contribution in [2.45, 2.75) is 115 Å². The highest BCUT2D eigenvalue weighted by atomic mass is 35.5. The van der Waals surface area contributed by atoms with E-state index in [1.807, 2.05) is 0 Å². The van der Waals surface area contributed by atoms with Gasteiger partial charge in [0.05, 0.1) is 0 Å². The number of nitrogens with zero attached hydrogens (tertiary/aromatic N) is 2. The van der Waals surface area contributed by atoms with E-state index in [1.54, 1.807) is 9.80 Å². The molecule has 47 heavy (non-hydrogen) atoms. The van der Waals surface area contributed by atoms with Gasteiger partial charge in [0.25, 0.3) is 5.91 Å². The van der Waals surface area contributed by atoms with Crippen LogP contribution in [0.2, 0.25) is 10.0 Å². The molecule has 1 aromatic carbocycles. The number of carbonyl (C=O) groups excluding carboxylic acids is 4. The SMILES string of the molecule is O=C(O)CC[C@@H](NC(=O)CCC(NC(=O)c1cc(Cl)cc(Cl)c1)C(=O)N1CCC2(CCCC2)CC1)C(=O)N1CCC2(CCCC2)CC1. The lowest BCUT2D eigenvalue weighted by molar-refractivity contribution is -0.141. The monoisotopic (exact) mass is 690 g/mol. The molecule has 2 aliphatic carbocycles. The zero-order chi connectivity index (χ0) is 33.6. The molecule has 4 fully saturated rings. The molecule has 10 nitrogen and oxygen atoms in total. The van der Waals surface area contributed by atoms with Crippen LogP contribution in [-0.2, 0) is 19.2 Å². The molecule has 2 spiro atoms. The summed E-state index contributed by atoms with van der Waals surface area (Å²) in [6, 6.07) is 2.49. The van der Waals surface area contributed by atoms with E-state index >= 15 is 0 Å². The second-order valence-corrected chi connectivity index (χ2v) is 15.2. The largest absolute Gasteiger partial charge is 0.481 e. The van der Waals surface area contributed by atoms with Gasteiger partial charge in [-0.15, -0.1) is 0 Å². The Morgan fingerprint density at radius 2 is 1.09 bits per heavy atom. The highest BCUT2D eigenvalue weighted by Crippen LogP contribution is 2.47. The Hall–Kier alpha value is -2.85. The fourth-order valence-corrected chi connectivity index (χ4v) is 8.87. The summed E-state index contributed by atoms with van der Waals surface area (Å²) in [5, 5.41) is 15.5. The van der Waals surface area contributed by atoms with Crippen LogP contribution in [0.5, 0.6) is 0 Å². The van der Waals surface area contributed by atoms with E-state index in [9.17, 15) is 29.1 Å².